The number of alkyl halides is 3. The van der Waals surface area contributed by atoms with Crippen LogP contribution in [0, 0.1) is 17.0 Å². The number of nitrogens with two attached hydrogens (primary N) is 1. The molecule has 0 aliphatic carbocycles. The number of nitro groups is 1. The van der Waals surface area contributed by atoms with Crippen LogP contribution in [-0.4, -0.2) is 23.4 Å². The molecule has 0 bridgehead atoms. The van der Waals surface area contributed by atoms with Crippen LogP contribution in [0.15, 0.2) is 28.2 Å². The molecule has 0 spiro atoms. The summed E-state index contributed by atoms with van der Waals surface area (Å²) in [6.07, 6.45) is -4.48. The van der Waals surface area contributed by atoms with Crippen molar-refractivity contribution < 1.29 is 18.1 Å². The number of rotatable bonds is 3. The first-order valence-electron chi connectivity index (χ1n) is 4.90. The Morgan fingerprint density at radius 1 is 1.47 bits per heavy atom. The lowest BCUT2D eigenvalue weighted by molar-refractivity contribution is -0.384. The molecule has 0 saturated carbocycles. The lowest BCUT2D eigenvalue weighted by atomic mass is 10.1. The second-order valence-electron chi connectivity index (χ2n) is 3.48. The molecule has 2 N–H and O–H groups in total. The smallest absolute Gasteiger partial charge is 0.383 e. The van der Waals surface area contributed by atoms with Gasteiger partial charge in [-0.3, -0.25) is 10.1 Å². The van der Waals surface area contributed by atoms with E-state index in [1.165, 1.54) is 12.1 Å². The minimum Gasteiger partial charge on any atom is -0.383 e. The van der Waals surface area contributed by atoms with Crippen LogP contribution in [-0.2, 0) is 0 Å². The summed E-state index contributed by atoms with van der Waals surface area (Å²) in [7, 11) is 0. The highest BCUT2D eigenvalue weighted by atomic mass is 19.4. The van der Waals surface area contributed by atoms with E-state index in [1.807, 2.05) is 0 Å². The average molecular weight is 274 g/mol. The highest BCUT2D eigenvalue weighted by molar-refractivity contribution is 6.02. The van der Waals surface area contributed by atoms with Gasteiger partial charge < -0.3 is 5.73 Å². The lowest BCUT2D eigenvalue weighted by Gasteiger charge is -2.04. The van der Waals surface area contributed by atoms with E-state index in [0.29, 0.717) is 5.56 Å². The fourth-order valence-corrected chi connectivity index (χ4v) is 1.23. The first-order chi connectivity index (χ1) is 8.70. The number of aliphatic imine (C=N–C) groups is 2. The number of aryl methyl sites for hydroxylation is 1. The highest BCUT2D eigenvalue weighted by Crippen LogP contribution is 2.17. The summed E-state index contributed by atoms with van der Waals surface area (Å²) in [5, 5.41) is 10.6. The van der Waals surface area contributed by atoms with Gasteiger partial charge >= 0.3 is 6.30 Å². The van der Waals surface area contributed by atoms with E-state index in [1.54, 1.807) is 6.92 Å². The van der Waals surface area contributed by atoms with E-state index in [2.05, 4.69) is 9.98 Å². The molecule has 0 aliphatic heterocycles. The number of benzene rings is 1. The van der Waals surface area contributed by atoms with Crippen molar-refractivity contribution in [2.75, 3.05) is 0 Å². The van der Waals surface area contributed by atoms with Crippen molar-refractivity contribution >= 4 is 17.9 Å². The molecule has 9 heteroatoms. The third kappa shape index (κ3) is 4.37. The van der Waals surface area contributed by atoms with Crippen LogP contribution in [0.5, 0.6) is 0 Å². The molecule has 0 fully saturated rings. The Balaban J connectivity index is 3.08. The van der Waals surface area contributed by atoms with E-state index in [9.17, 15) is 23.3 Å². The second kappa shape index (κ2) is 5.46. The molecular weight excluding hydrogens is 265 g/mol. The van der Waals surface area contributed by atoms with Crippen molar-refractivity contribution in [3.8, 4) is 0 Å². The van der Waals surface area contributed by atoms with Crippen molar-refractivity contribution in [2.24, 2.45) is 15.7 Å². The zero-order valence-corrected chi connectivity index (χ0v) is 9.68. The molecule has 6 nitrogen and oxygen atoms in total. The van der Waals surface area contributed by atoms with Gasteiger partial charge in [-0.1, -0.05) is 6.07 Å². The summed E-state index contributed by atoms with van der Waals surface area (Å²) in [4.78, 5) is 15.4. The third-order valence-electron chi connectivity index (χ3n) is 2.11. The van der Waals surface area contributed by atoms with Crippen LogP contribution in [0.4, 0.5) is 18.9 Å². The van der Waals surface area contributed by atoms with Gasteiger partial charge in [-0.05, 0) is 12.5 Å². The molecule has 0 atom stereocenters. The molecule has 0 unspecified atom stereocenters. The number of nitrogens with zero attached hydrogens (tertiary/aromatic N) is 3. The predicted octanol–water partition coefficient (Wildman–Crippen LogP) is 2.16. The summed E-state index contributed by atoms with van der Waals surface area (Å²) in [6, 6.07) is 3.82. The Labute approximate surface area is 105 Å². The van der Waals surface area contributed by atoms with Crippen LogP contribution < -0.4 is 5.73 Å². The number of non-ortho nitro benzene ring substituents is 1. The Hall–Kier alpha value is -2.45. The molecule has 1 rings (SSSR count). The Bertz CT molecular complexity index is 552. The lowest BCUT2D eigenvalue weighted by Crippen LogP contribution is -2.15. The van der Waals surface area contributed by atoms with Crippen molar-refractivity contribution in [1.29, 1.82) is 0 Å². The number of halogens is 3. The van der Waals surface area contributed by atoms with E-state index in [0.717, 1.165) is 6.07 Å². The Morgan fingerprint density at radius 2 is 2.11 bits per heavy atom. The molecule has 102 valence electrons. The van der Waals surface area contributed by atoms with Gasteiger partial charge in [0, 0.05) is 17.7 Å². The van der Waals surface area contributed by atoms with E-state index in [-0.39, 0.29) is 23.4 Å². The van der Waals surface area contributed by atoms with E-state index >= 15 is 0 Å². The quantitative estimate of drug-likeness (QED) is 0.301. The maximum absolute atomic E-state index is 11.8. The normalized spacial score (nSPS) is 12.9. The van der Waals surface area contributed by atoms with E-state index < -0.39 is 11.2 Å². The van der Waals surface area contributed by atoms with Crippen molar-refractivity contribution in [3.05, 3.63) is 39.4 Å². The summed E-state index contributed by atoms with van der Waals surface area (Å²) >= 11 is 0. The minimum atomic E-state index is -4.73. The van der Waals surface area contributed by atoms with Crippen LogP contribution in [0.3, 0.4) is 0 Å². The molecule has 0 radical (unpaired) electrons. The number of nitro benzene ring substituents is 1. The van der Waals surface area contributed by atoms with Gasteiger partial charge in [-0.2, -0.15) is 4.99 Å². The molecule has 0 amide bonds. The molecule has 1 aromatic carbocycles. The van der Waals surface area contributed by atoms with Gasteiger partial charge in [0.1, 0.15) is 12.2 Å². The van der Waals surface area contributed by atoms with Crippen LogP contribution >= 0.6 is 0 Å². The molecule has 0 heterocycles. The van der Waals surface area contributed by atoms with Crippen LogP contribution in [0.25, 0.3) is 0 Å². The largest absolute Gasteiger partial charge is 0.504 e. The standard InChI is InChI=1S/C10H9F3N4O2/c1-6-2-3-7(17(18)19)4-8(6)9(14)15-5-16-10(11,12)13/h2-5H,1H3,(H2,14,15,16). The zero-order valence-electron chi connectivity index (χ0n) is 9.68. The highest BCUT2D eigenvalue weighted by Gasteiger charge is 2.24. The first kappa shape index (κ1) is 14.6. The summed E-state index contributed by atoms with van der Waals surface area (Å²) in [5.74, 6) is -0.283. The van der Waals surface area contributed by atoms with Crippen LogP contribution in [0.1, 0.15) is 11.1 Å². The molecule has 0 saturated heterocycles. The number of hydrogen-bond donors (Lipinski definition) is 1. The second-order valence-corrected chi connectivity index (χ2v) is 3.48. The SMILES string of the molecule is Cc1ccc([N+](=O)[O-])cc1C(N)=N/C=N/C(F)(F)F. The van der Waals surface area contributed by atoms with Gasteiger partial charge in [0.25, 0.3) is 5.69 Å². The first-order valence-corrected chi connectivity index (χ1v) is 4.90. The molecule has 19 heavy (non-hydrogen) atoms. The van der Waals surface area contributed by atoms with Crippen molar-refractivity contribution in [1.82, 2.24) is 0 Å². The summed E-state index contributed by atoms with van der Waals surface area (Å²) in [6.45, 7) is 1.60. The third-order valence-corrected chi connectivity index (χ3v) is 2.11. The summed E-state index contributed by atoms with van der Waals surface area (Å²) < 4.78 is 35.3. The number of hydrogen-bond acceptors (Lipinski definition) is 3. The Kier molecular flexibility index (Phi) is 4.20. The minimum absolute atomic E-state index is 0.183. The predicted molar refractivity (Wildman–Crippen MR) is 63.1 cm³/mol. The molecule has 0 aliphatic rings. The molecular formula is C10H9F3N4O2. The van der Waals surface area contributed by atoms with Gasteiger partial charge in [0.2, 0.25) is 0 Å². The maximum Gasteiger partial charge on any atom is 0.504 e. The molecule has 1 aromatic rings. The monoisotopic (exact) mass is 274 g/mol. The number of amidine groups is 1. The van der Waals surface area contributed by atoms with Crippen LogP contribution in [0.2, 0.25) is 0 Å². The van der Waals surface area contributed by atoms with Gasteiger partial charge in [-0.15, -0.1) is 13.2 Å². The Morgan fingerprint density at radius 3 is 2.63 bits per heavy atom. The fraction of sp³-hybridized carbons (Fsp3) is 0.200. The van der Waals surface area contributed by atoms with Gasteiger partial charge in [-0.25, -0.2) is 4.99 Å². The topological polar surface area (TPSA) is 93.9 Å². The maximum atomic E-state index is 11.8. The fourth-order valence-electron chi connectivity index (χ4n) is 1.23. The summed E-state index contributed by atoms with van der Waals surface area (Å²) in [5.41, 5.74) is 5.96. The van der Waals surface area contributed by atoms with Crippen molar-refractivity contribution in [2.45, 2.75) is 13.2 Å². The molecule has 0 aromatic heterocycles. The van der Waals surface area contributed by atoms with Gasteiger partial charge in [0.15, 0.2) is 0 Å². The average Bonchev–Trinajstić information content (AvgIpc) is 2.27. The van der Waals surface area contributed by atoms with E-state index in [4.69, 9.17) is 5.73 Å². The van der Waals surface area contributed by atoms with Gasteiger partial charge in [0.05, 0.1) is 4.92 Å². The zero-order chi connectivity index (χ0) is 14.6. The van der Waals surface area contributed by atoms with Crippen molar-refractivity contribution in [3.63, 3.8) is 0 Å².